The zero-order valence-corrected chi connectivity index (χ0v) is 11.1. The van der Waals surface area contributed by atoms with Gasteiger partial charge in [0.2, 0.25) is 0 Å². The number of rotatable bonds is 2. The largest absolute Gasteiger partial charge is 0.465 e. The molecule has 0 saturated heterocycles. The summed E-state index contributed by atoms with van der Waals surface area (Å²) in [5.41, 5.74) is 0.518. The Labute approximate surface area is 111 Å². The summed E-state index contributed by atoms with van der Waals surface area (Å²) in [6.45, 7) is 0. The summed E-state index contributed by atoms with van der Waals surface area (Å²) in [4.78, 5) is 0. The van der Waals surface area contributed by atoms with E-state index in [4.69, 9.17) is 27.6 Å². The summed E-state index contributed by atoms with van der Waals surface area (Å²) < 4.78 is 5.87. The van der Waals surface area contributed by atoms with Crippen LogP contribution in [0.3, 0.4) is 0 Å². The molecule has 0 radical (unpaired) electrons. The Morgan fingerprint density at radius 1 is 1.25 bits per heavy atom. The monoisotopic (exact) mass is 320 g/mol. The summed E-state index contributed by atoms with van der Waals surface area (Å²) >= 11 is 15.2. The first-order valence-corrected chi connectivity index (χ1v) is 6.01. The third-order valence-electron chi connectivity index (χ3n) is 2.17. The molecule has 1 aromatic heterocycles. The average Bonchev–Trinajstić information content (AvgIpc) is 2.68. The molecule has 0 spiro atoms. The number of halogens is 3. The molecule has 16 heavy (non-hydrogen) atoms. The molecular formula is C11H7BrCl2O2. The Balaban J connectivity index is 2.46. The third-order valence-corrected chi connectivity index (χ3v) is 3.66. The highest BCUT2D eigenvalue weighted by Crippen LogP contribution is 2.35. The second-order valence-electron chi connectivity index (χ2n) is 3.18. The molecule has 0 aliphatic heterocycles. The third kappa shape index (κ3) is 2.13. The number of benzene rings is 1. The molecule has 1 unspecified atom stereocenters. The van der Waals surface area contributed by atoms with Gasteiger partial charge in [-0.25, -0.2) is 0 Å². The number of hydrogen-bond donors (Lipinski definition) is 1. The van der Waals surface area contributed by atoms with Crippen LogP contribution in [0.4, 0.5) is 0 Å². The van der Waals surface area contributed by atoms with E-state index in [0.717, 1.165) is 0 Å². The van der Waals surface area contributed by atoms with Gasteiger partial charge in [-0.3, -0.25) is 0 Å². The van der Waals surface area contributed by atoms with Crippen molar-refractivity contribution in [1.29, 1.82) is 0 Å². The summed E-state index contributed by atoms with van der Waals surface area (Å²) in [5, 5.41) is 10.8. The van der Waals surface area contributed by atoms with Crippen LogP contribution in [0, 0.1) is 0 Å². The van der Waals surface area contributed by atoms with E-state index in [0.29, 0.717) is 25.8 Å². The molecule has 0 amide bonds. The van der Waals surface area contributed by atoms with Gasteiger partial charge in [0.05, 0.1) is 20.8 Å². The van der Waals surface area contributed by atoms with Gasteiger partial charge in [-0.1, -0.05) is 35.3 Å². The molecule has 1 heterocycles. The maximum atomic E-state index is 10.1. The van der Waals surface area contributed by atoms with E-state index in [-0.39, 0.29) is 0 Å². The highest BCUT2D eigenvalue weighted by molar-refractivity contribution is 9.10. The Morgan fingerprint density at radius 2 is 2.00 bits per heavy atom. The lowest BCUT2D eigenvalue weighted by Crippen LogP contribution is -1.99. The Kier molecular flexibility index (Phi) is 3.60. The maximum Gasteiger partial charge on any atom is 0.151 e. The van der Waals surface area contributed by atoms with Crippen molar-refractivity contribution < 1.29 is 9.52 Å². The van der Waals surface area contributed by atoms with E-state index in [1.165, 1.54) is 6.26 Å². The minimum Gasteiger partial charge on any atom is -0.465 e. The quantitative estimate of drug-likeness (QED) is 0.887. The van der Waals surface area contributed by atoms with Gasteiger partial charge >= 0.3 is 0 Å². The predicted molar refractivity (Wildman–Crippen MR) is 66.9 cm³/mol. The van der Waals surface area contributed by atoms with Crippen molar-refractivity contribution >= 4 is 39.1 Å². The van der Waals surface area contributed by atoms with Crippen molar-refractivity contribution in [3.8, 4) is 0 Å². The van der Waals surface area contributed by atoms with Gasteiger partial charge in [-0.2, -0.15) is 0 Å². The van der Waals surface area contributed by atoms with Gasteiger partial charge in [0.25, 0.3) is 0 Å². The highest BCUT2D eigenvalue weighted by atomic mass is 79.9. The van der Waals surface area contributed by atoms with Gasteiger partial charge in [0, 0.05) is 5.56 Å². The van der Waals surface area contributed by atoms with Crippen LogP contribution < -0.4 is 0 Å². The molecule has 84 valence electrons. The van der Waals surface area contributed by atoms with Crippen molar-refractivity contribution in [1.82, 2.24) is 0 Å². The molecule has 2 rings (SSSR count). The van der Waals surface area contributed by atoms with E-state index < -0.39 is 6.10 Å². The summed E-state index contributed by atoms with van der Waals surface area (Å²) in [6, 6.07) is 6.80. The van der Waals surface area contributed by atoms with Gasteiger partial charge < -0.3 is 9.52 Å². The van der Waals surface area contributed by atoms with Crippen molar-refractivity contribution in [2.75, 3.05) is 0 Å². The van der Waals surface area contributed by atoms with Gasteiger partial charge in [0.15, 0.2) is 5.76 Å². The minimum absolute atomic E-state index is 0.333. The van der Waals surface area contributed by atoms with Gasteiger partial charge in [-0.05, 0) is 28.1 Å². The van der Waals surface area contributed by atoms with Crippen molar-refractivity contribution in [3.63, 3.8) is 0 Å². The first-order chi connectivity index (χ1) is 7.61. The lowest BCUT2D eigenvalue weighted by molar-refractivity contribution is 0.188. The lowest BCUT2D eigenvalue weighted by Gasteiger charge is -2.11. The van der Waals surface area contributed by atoms with Crippen LogP contribution in [0.25, 0.3) is 0 Å². The van der Waals surface area contributed by atoms with Crippen LogP contribution >= 0.6 is 39.1 Å². The zero-order valence-electron chi connectivity index (χ0n) is 7.95. The van der Waals surface area contributed by atoms with Crippen LogP contribution in [-0.2, 0) is 0 Å². The topological polar surface area (TPSA) is 33.4 Å². The van der Waals surface area contributed by atoms with Gasteiger partial charge in [-0.15, -0.1) is 0 Å². The molecule has 0 bridgehead atoms. The molecule has 0 fully saturated rings. The Morgan fingerprint density at radius 3 is 2.62 bits per heavy atom. The summed E-state index contributed by atoms with van der Waals surface area (Å²) in [7, 11) is 0. The van der Waals surface area contributed by atoms with Crippen molar-refractivity contribution in [3.05, 3.63) is 56.4 Å². The maximum absolute atomic E-state index is 10.1. The number of aliphatic hydroxyl groups is 1. The first kappa shape index (κ1) is 12.0. The first-order valence-electron chi connectivity index (χ1n) is 4.46. The van der Waals surface area contributed by atoms with Crippen LogP contribution in [0.2, 0.25) is 10.0 Å². The number of aliphatic hydroxyl groups excluding tert-OH is 1. The van der Waals surface area contributed by atoms with E-state index in [1.807, 2.05) is 0 Å². The number of hydrogen-bond acceptors (Lipinski definition) is 2. The molecular weight excluding hydrogens is 315 g/mol. The fraction of sp³-hybridized carbons (Fsp3) is 0.0909. The highest BCUT2D eigenvalue weighted by Gasteiger charge is 2.20. The fourth-order valence-corrected chi connectivity index (χ4v) is 2.20. The standard InChI is InChI=1S/C11H7BrCl2O2/c12-7-4-5-16-11(7)10(15)6-2-1-3-8(13)9(6)14/h1-5,10,15H. The van der Waals surface area contributed by atoms with Crippen molar-refractivity contribution in [2.45, 2.75) is 6.10 Å². The van der Waals surface area contributed by atoms with Gasteiger partial charge in [0.1, 0.15) is 6.10 Å². The predicted octanol–water partition coefficient (Wildman–Crippen LogP) is 4.43. The van der Waals surface area contributed by atoms with E-state index in [2.05, 4.69) is 15.9 Å². The molecule has 0 saturated carbocycles. The molecule has 5 heteroatoms. The molecule has 2 aromatic rings. The zero-order chi connectivity index (χ0) is 11.7. The fourth-order valence-electron chi connectivity index (χ4n) is 1.37. The average molecular weight is 322 g/mol. The molecule has 1 N–H and O–H groups in total. The number of furan rings is 1. The molecule has 2 nitrogen and oxygen atoms in total. The Hall–Kier alpha value is -0.480. The molecule has 1 aromatic carbocycles. The second-order valence-corrected chi connectivity index (χ2v) is 4.82. The van der Waals surface area contributed by atoms with E-state index in [9.17, 15) is 5.11 Å². The van der Waals surface area contributed by atoms with Crippen LogP contribution in [0.15, 0.2) is 39.4 Å². The van der Waals surface area contributed by atoms with Crippen molar-refractivity contribution in [2.24, 2.45) is 0 Å². The Bertz CT molecular complexity index is 510. The summed E-state index contributed by atoms with van der Waals surface area (Å²) in [5.74, 6) is 0.407. The van der Waals surface area contributed by atoms with E-state index >= 15 is 0 Å². The minimum atomic E-state index is -0.935. The second kappa shape index (κ2) is 4.80. The van der Waals surface area contributed by atoms with Crippen LogP contribution in [-0.4, -0.2) is 5.11 Å². The molecule has 0 aliphatic rings. The summed E-state index contributed by atoms with van der Waals surface area (Å²) in [6.07, 6.45) is 0.553. The normalized spacial score (nSPS) is 12.8. The van der Waals surface area contributed by atoms with E-state index in [1.54, 1.807) is 24.3 Å². The molecule has 1 atom stereocenters. The lowest BCUT2D eigenvalue weighted by atomic mass is 10.1. The van der Waals surface area contributed by atoms with Crippen LogP contribution in [0.1, 0.15) is 17.4 Å². The SMILES string of the molecule is OC(c1cccc(Cl)c1Cl)c1occc1Br. The van der Waals surface area contributed by atoms with Crippen LogP contribution in [0.5, 0.6) is 0 Å². The smallest absolute Gasteiger partial charge is 0.151 e. The molecule has 0 aliphatic carbocycles.